The number of aromatic nitrogens is 2. The number of nitrogens with zero attached hydrogens (tertiary/aromatic N) is 3. The summed E-state index contributed by atoms with van der Waals surface area (Å²) in [5.41, 5.74) is 1.70. The van der Waals surface area contributed by atoms with Crippen molar-refractivity contribution in [3.63, 3.8) is 0 Å². The van der Waals surface area contributed by atoms with Gasteiger partial charge in [-0.2, -0.15) is 5.10 Å². The molecule has 6 heteroatoms. The van der Waals surface area contributed by atoms with Gasteiger partial charge in [-0.1, -0.05) is 12.1 Å². The van der Waals surface area contributed by atoms with Crippen LogP contribution >= 0.6 is 0 Å². The zero-order chi connectivity index (χ0) is 16.2. The number of amides is 1. The molecule has 3 rings (SSSR count). The molecule has 2 heterocycles. The second-order valence-electron chi connectivity index (χ2n) is 5.91. The summed E-state index contributed by atoms with van der Waals surface area (Å²) in [6.45, 7) is 2.45. The Hall–Kier alpha value is -2.21. The molecule has 1 aliphatic rings. The zero-order valence-corrected chi connectivity index (χ0v) is 13.1. The number of halogens is 1. The minimum absolute atomic E-state index is 0.00801. The minimum atomic E-state index is -0.318. The molecule has 0 radical (unpaired) electrons. The number of methoxy groups -OCH3 is 1. The summed E-state index contributed by atoms with van der Waals surface area (Å²) in [6, 6.07) is 8.12. The Morgan fingerprint density at radius 1 is 1.39 bits per heavy atom. The molecular formula is C17H20FN3O2. The molecule has 0 saturated heterocycles. The molecule has 0 spiro atoms. The van der Waals surface area contributed by atoms with Gasteiger partial charge in [-0.15, -0.1) is 0 Å². The molecule has 0 unspecified atom stereocenters. The van der Waals surface area contributed by atoms with Gasteiger partial charge in [0.1, 0.15) is 5.82 Å². The average molecular weight is 317 g/mol. The predicted molar refractivity (Wildman–Crippen MR) is 83.1 cm³/mol. The van der Waals surface area contributed by atoms with Crippen LogP contribution in [-0.4, -0.2) is 40.8 Å². The summed E-state index contributed by atoms with van der Waals surface area (Å²) in [6.07, 6.45) is 1.95. The van der Waals surface area contributed by atoms with Crippen molar-refractivity contribution in [2.24, 2.45) is 5.92 Å². The third-order valence-electron chi connectivity index (χ3n) is 4.07. The Labute approximate surface area is 134 Å². The fourth-order valence-corrected chi connectivity index (χ4v) is 3.00. The van der Waals surface area contributed by atoms with E-state index in [1.807, 2.05) is 15.6 Å². The first-order valence-corrected chi connectivity index (χ1v) is 7.67. The molecule has 122 valence electrons. The lowest BCUT2D eigenvalue weighted by Crippen LogP contribution is -2.36. The summed E-state index contributed by atoms with van der Waals surface area (Å²) >= 11 is 0. The Kier molecular flexibility index (Phi) is 4.71. The number of carbonyl (C=O) groups excluding carboxylic acids is 1. The van der Waals surface area contributed by atoms with E-state index in [0.29, 0.717) is 25.3 Å². The predicted octanol–water partition coefficient (Wildman–Crippen LogP) is 1.87. The van der Waals surface area contributed by atoms with Gasteiger partial charge in [0.2, 0.25) is 5.91 Å². The third kappa shape index (κ3) is 3.76. The van der Waals surface area contributed by atoms with Gasteiger partial charge in [0.15, 0.2) is 0 Å². The molecule has 0 saturated carbocycles. The standard InChI is InChI=1S/C17H20FN3O2/c1-23-12-14-9-20(11-16-5-6-19-21(16)10-14)17(22)8-13-3-2-4-15(18)7-13/h2-7,14H,8-12H2,1H3/t14-/m1/s1. The second kappa shape index (κ2) is 6.91. The van der Waals surface area contributed by atoms with Crippen LogP contribution in [0.25, 0.3) is 0 Å². The summed E-state index contributed by atoms with van der Waals surface area (Å²) in [5.74, 6) is -0.134. The number of hydrogen-bond donors (Lipinski definition) is 0. The van der Waals surface area contributed by atoms with Crippen LogP contribution in [0.3, 0.4) is 0 Å². The zero-order valence-electron chi connectivity index (χ0n) is 13.1. The van der Waals surface area contributed by atoms with E-state index in [-0.39, 0.29) is 24.1 Å². The molecule has 0 bridgehead atoms. The molecule has 1 atom stereocenters. The van der Waals surface area contributed by atoms with Crippen LogP contribution in [0.15, 0.2) is 36.5 Å². The third-order valence-corrected chi connectivity index (χ3v) is 4.07. The molecule has 23 heavy (non-hydrogen) atoms. The molecule has 1 aliphatic heterocycles. The van der Waals surface area contributed by atoms with Crippen LogP contribution in [0.1, 0.15) is 11.3 Å². The van der Waals surface area contributed by atoms with E-state index in [9.17, 15) is 9.18 Å². The van der Waals surface area contributed by atoms with Crippen molar-refractivity contribution < 1.29 is 13.9 Å². The van der Waals surface area contributed by atoms with Gasteiger partial charge in [-0.25, -0.2) is 4.39 Å². The molecule has 1 aromatic carbocycles. The van der Waals surface area contributed by atoms with Crippen molar-refractivity contribution in [3.8, 4) is 0 Å². The summed E-state index contributed by atoms with van der Waals surface area (Å²) < 4.78 is 20.5. The lowest BCUT2D eigenvalue weighted by molar-refractivity contribution is -0.131. The molecule has 0 aliphatic carbocycles. The van der Waals surface area contributed by atoms with E-state index in [1.54, 1.807) is 25.4 Å². The van der Waals surface area contributed by atoms with Crippen LogP contribution in [0.4, 0.5) is 4.39 Å². The maximum absolute atomic E-state index is 13.3. The van der Waals surface area contributed by atoms with Gasteiger partial charge in [0, 0.05) is 32.3 Å². The van der Waals surface area contributed by atoms with Gasteiger partial charge in [0.05, 0.1) is 25.3 Å². The average Bonchev–Trinajstić information content (AvgIpc) is 2.86. The highest BCUT2D eigenvalue weighted by Gasteiger charge is 2.25. The lowest BCUT2D eigenvalue weighted by atomic mass is 10.1. The van der Waals surface area contributed by atoms with E-state index in [2.05, 4.69) is 5.10 Å². The van der Waals surface area contributed by atoms with E-state index in [4.69, 9.17) is 4.74 Å². The van der Waals surface area contributed by atoms with Gasteiger partial charge in [0.25, 0.3) is 0 Å². The van der Waals surface area contributed by atoms with Crippen molar-refractivity contribution in [2.75, 3.05) is 20.3 Å². The van der Waals surface area contributed by atoms with E-state index in [1.165, 1.54) is 12.1 Å². The fourth-order valence-electron chi connectivity index (χ4n) is 3.00. The number of carbonyl (C=O) groups is 1. The highest BCUT2D eigenvalue weighted by atomic mass is 19.1. The van der Waals surface area contributed by atoms with Crippen molar-refractivity contribution in [1.82, 2.24) is 14.7 Å². The first-order chi connectivity index (χ1) is 11.2. The smallest absolute Gasteiger partial charge is 0.227 e. The van der Waals surface area contributed by atoms with Crippen LogP contribution in [0, 0.1) is 11.7 Å². The van der Waals surface area contributed by atoms with Gasteiger partial charge < -0.3 is 9.64 Å². The molecule has 5 nitrogen and oxygen atoms in total. The molecule has 2 aromatic rings. The number of rotatable bonds is 4. The molecule has 0 fully saturated rings. The summed E-state index contributed by atoms with van der Waals surface area (Å²) in [7, 11) is 1.66. The van der Waals surface area contributed by atoms with Crippen LogP contribution < -0.4 is 0 Å². The van der Waals surface area contributed by atoms with Gasteiger partial charge in [-0.05, 0) is 23.8 Å². The van der Waals surface area contributed by atoms with Crippen molar-refractivity contribution in [3.05, 3.63) is 53.6 Å². The molecule has 0 N–H and O–H groups in total. The Balaban J connectivity index is 1.76. The highest BCUT2D eigenvalue weighted by Crippen LogP contribution is 2.17. The van der Waals surface area contributed by atoms with E-state index < -0.39 is 0 Å². The van der Waals surface area contributed by atoms with Crippen molar-refractivity contribution in [1.29, 1.82) is 0 Å². The first kappa shape index (κ1) is 15.7. The van der Waals surface area contributed by atoms with Crippen LogP contribution in [0.5, 0.6) is 0 Å². The second-order valence-corrected chi connectivity index (χ2v) is 5.91. The largest absolute Gasteiger partial charge is 0.384 e. The fraction of sp³-hybridized carbons (Fsp3) is 0.412. The minimum Gasteiger partial charge on any atom is -0.384 e. The topological polar surface area (TPSA) is 47.4 Å². The lowest BCUT2D eigenvalue weighted by Gasteiger charge is -2.24. The maximum Gasteiger partial charge on any atom is 0.227 e. The highest BCUT2D eigenvalue weighted by molar-refractivity contribution is 5.78. The number of ether oxygens (including phenoxy) is 1. The number of benzene rings is 1. The van der Waals surface area contributed by atoms with Gasteiger partial charge in [-0.3, -0.25) is 9.48 Å². The molecule has 1 amide bonds. The van der Waals surface area contributed by atoms with Gasteiger partial charge >= 0.3 is 0 Å². The number of fused-ring (bicyclic) bond motifs is 1. The van der Waals surface area contributed by atoms with Crippen LogP contribution in [-0.2, 0) is 29.0 Å². The molecular weight excluding hydrogens is 297 g/mol. The summed E-state index contributed by atoms with van der Waals surface area (Å²) in [5, 5.41) is 4.31. The summed E-state index contributed by atoms with van der Waals surface area (Å²) in [4.78, 5) is 14.5. The van der Waals surface area contributed by atoms with E-state index >= 15 is 0 Å². The normalized spacial score (nSPS) is 17.7. The Morgan fingerprint density at radius 3 is 3.04 bits per heavy atom. The van der Waals surface area contributed by atoms with Crippen molar-refractivity contribution in [2.45, 2.75) is 19.5 Å². The quantitative estimate of drug-likeness (QED) is 0.865. The Bertz CT molecular complexity index is 686. The van der Waals surface area contributed by atoms with Crippen LogP contribution in [0.2, 0.25) is 0 Å². The number of hydrogen-bond acceptors (Lipinski definition) is 3. The van der Waals surface area contributed by atoms with Crippen molar-refractivity contribution >= 4 is 5.91 Å². The SMILES string of the molecule is COC[C@@H]1CN(C(=O)Cc2cccc(F)c2)Cc2ccnn2C1. The van der Waals surface area contributed by atoms with E-state index in [0.717, 1.165) is 12.2 Å². The maximum atomic E-state index is 13.3. The monoisotopic (exact) mass is 317 g/mol. The first-order valence-electron chi connectivity index (χ1n) is 7.67. The molecule has 1 aromatic heterocycles. The Morgan fingerprint density at radius 2 is 2.26 bits per heavy atom.